The molecule has 1 N–H and O–H groups in total. The minimum absolute atomic E-state index is 0.147. The molecule has 2 aromatic heterocycles. The van der Waals surface area contributed by atoms with Gasteiger partial charge in [0.05, 0.1) is 12.0 Å². The molecule has 0 atom stereocenters. The second-order valence-corrected chi connectivity index (χ2v) is 4.29. The van der Waals surface area contributed by atoms with Crippen molar-refractivity contribution >= 4 is 11.6 Å². The van der Waals surface area contributed by atoms with Crippen molar-refractivity contribution in [2.75, 3.05) is 0 Å². The van der Waals surface area contributed by atoms with Gasteiger partial charge < -0.3 is 4.42 Å². The Morgan fingerprint density at radius 2 is 2.32 bits per heavy atom. The van der Waals surface area contributed by atoms with E-state index in [0.717, 1.165) is 11.4 Å². The van der Waals surface area contributed by atoms with E-state index in [1.165, 1.54) is 0 Å². The Bertz CT molecular complexity index is 596. The lowest BCUT2D eigenvalue weighted by Crippen LogP contribution is -2.25. The summed E-state index contributed by atoms with van der Waals surface area (Å²) in [6.45, 7) is 5.71. The maximum Gasteiger partial charge on any atom is 0.261 e. The molecule has 19 heavy (non-hydrogen) atoms. The van der Waals surface area contributed by atoms with Gasteiger partial charge in [-0.25, -0.2) is 5.43 Å². The highest BCUT2D eigenvalue weighted by Crippen LogP contribution is 2.02. The molecule has 0 aliphatic heterocycles. The lowest BCUT2D eigenvalue weighted by atomic mass is 10.3. The molecule has 0 saturated carbocycles. The molecule has 100 valence electrons. The highest BCUT2D eigenvalue weighted by molar-refractivity contribution is 5.96. The van der Waals surface area contributed by atoms with Crippen molar-refractivity contribution in [3.8, 4) is 0 Å². The fourth-order valence-corrected chi connectivity index (χ4v) is 1.69. The number of rotatable bonds is 4. The van der Waals surface area contributed by atoms with Crippen molar-refractivity contribution in [3.63, 3.8) is 0 Å². The number of carbonyl (C=O) groups is 1. The van der Waals surface area contributed by atoms with Crippen molar-refractivity contribution in [3.05, 3.63) is 41.6 Å². The van der Waals surface area contributed by atoms with E-state index in [2.05, 4.69) is 15.6 Å². The molecule has 1 amide bonds. The van der Waals surface area contributed by atoms with E-state index in [0.29, 0.717) is 11.5 Å². The van der Waals surface area contributed by atoms with Crippen LogP contribution >= 0.6 is 0 Å². The zero-order chi connectivity index (χ0) is 13.8. The summed E-state index contributed by atoms with van der Waals surface area (Å²) in [5, 5.41) is 8.20. The molecule has 0 aromatic carbocycles. The number of aryl methyl sites for hydroxylation is 2. The van der Waals surface area contributed by atoms with Gasteiger partial charge in [0.2, 0.25) is 0 Å². The predicted octanol–water partition coefficient (Wildman–Crippen LogP) is 1.63. The topological polar surface area (TPSA) is 72.4 Å². The average Bonchev–Trinajstić information content (AvgIpc) is 2.97. The summed E-state index contributed by atoms with van der Waals surface area (Å²) >= 11 is 0. The van der Waals surface area contributed by atoms with E-state index in [1.807, 2.05) is 19.9 Å². The Kier molecular flexibility index (Phi) is 3.79. The third kappa shape index (κ3) is 3.31. The number of aromatic nitrogens is 2. The molecule has 0 aliphatic carbocycles. The first-order valence-electron chi connectivity index (χ1n) is 5.94. The fraction of sp³-hybridized carbons (Fsp3) is 0.308. The van der Waals surface area contributed by atoms with Crippen LogP contribution in [0.1, 0.15) is 24.1 Å². The second kappa shape index (κ2) is 5.51. The molecule has 0 saturated heterocycles. The van der Waals surface area contributed by atoms with Crippen LogP contribution in [0.5, 0.6) is 0 Å². The van der Waals surface area contributed by atoms with Crippen LogP contribution in [0.3, 0.4) is 0 Å². The van der Waals surface area contributed by atoms with Crippen molar-refractivity contribution in [2.45, 2.75) is 27.3 Å². The Labute approximate surface area is 111 Å². The Morgan fingerprint density at radius 3 is 2.89 bits per heavy atom. The lowest BCUT2D eigenvalue weighted by molar-refractivity contribution is -0.121. The zero-order valence-electron chi connectivity index (χ0n) is 11.2. The van der Waals surface area contributed by atoms with Crippen LogP contribution in [-0.4, -0.2) is 21.4 Å². The summed E-state index contributed by atoms with van der Waals surface area (Å²) in [4.78, 5) is 11.7. The number of amides is 1. The Balaban J connectivity index is 1.95. The van der Waals surface area contributed by atoms with Gasteiger partial charge in [0.1, 0.15) is 18.0 Å². The Hall–Kier alpha value is -2.37. The van der Waals surface area contributed by atoms with E-state index in [4.69, 9.17) is 4.42 Å². The third-order valence-corrected chi connectivity index (χ3v) is 2.62. The highest BCUT2D eigenvalue weighted by Gasteiger charge is 2.07. The fourth-order valence-electron chi connectivity index (χ4n) is 1.69. The predicted molar refractivity (Wildman–Crippen MR) is 70.8 cm³/mol. The highest BCUT2D eigenvalue weighted by atomic mass is 16.3. The normalized spacial score (nSPS) is 11.6. The molecular formula is C13H16N4O2. The van der Waals surface area contributed by atoms with Gasteiger partial charge in [0, 0.05) is 5.69 Å². The summed E-state index contributed by atoms with van der Waals surface area (Å²) in [5.41, 5.74) is 4.93. The number of furan rings is 1. The quantitative estimate of drug-likeness (QED) is 0.671. The first kappa shape index (κ1) is 13.1. The van der Waals surface area contributed by atoms with E-state index in [9.17, 15) is 4.79 Å². The van der Waals surface area contributed by atoms with Gasteiger partial charge in [-0.05, 0) is 39.0 Å². The smallest absolute Gasteiger partial charge is 0.261 e. The largest absolute Gasteiger partial charge is 0.463 e. The molecule has 0 fully saturated rings. The van der Waals surface area contributed by atoms with Crippen LogP contribution in [0, 0.1) is 13.8 Å². The van der Waals surface area contributed by atoms with Crippen LogP contribution in [-0.2, 0) is 11.3 Å². The first-order chi connectivity index (χ1) is 9.06. The first-order valence-corrected chi connectivity index (χ1v) is 5.94. The maximum absolute atomic E-state index is 11.7. The molecule has 2 heterocycles. The standard InChI is InChI=1S/C13H16N4O2/c1-9-7-10(2)17(16-9)8-13(18)15-14-11(3)12-5-4-6-19-12/h4-7H,8H2,1-3H3,(H,15,18)/b14-11+. The molecule has 0 bridgehead atoms. The van der Waals surface area contributed by atoms with Crippen molar-refractivity contribution in [1.29, 1.82) is 0 Å². The maximum atomic E-state index is 11.7. The number of hydrazone groups is 1. The van der Waals surface area contributed by atoms with Crippen LogP contribution in [0.2, 0.25) is 0 Å². The van der Waals surface area contributed by atoms with Gasteiger partial charge in [-0.2, -0.15) is 10.2 Å². The van der Waals surface area contributed by atoms with Gasteiger partial charge in [0.25, 0.3) is 5.91 Å². The molecule has 6 nitrogen and oxygen atoms in total. The van der Waals surface area contributed by atoms with Gasteiger partial charge >= 0.3 is 0 Å². The minimum atomic E-state index is -0.225. The summed E-state index contributed by atoms with van der Waals surface area (Å²) in [7, 11) is 0. The monoisotopic (exact) mass is 260 g/mol. The number of hydrogen-bond donors (Lipinski definition) is 1. The molecule has 2 rings (SSSR count). The summed E-state index contributed by atoms with van der Waals surface area (Å²) in [6.07, 6.45) is 1.56. The Morgan fingerprint density at radius 1 is 1.53 bits per heavy atom. The van der Waals surface area contributed by atoms with Crippen LogP contribution in [0.4, 0.5) is 0 Å². The number of nitrogens with one attached hydrogen (secondary N) is 1. The molecule has 0 aliphatic rings. The van der Waals surface area contributed by atoms with Crippen LogP contribution in [0.15, 0.2) is 34.0 Å². The average molecular weight is 260 g/mol. The minimum Gasteiger partial charge on any atom is -0.463 e. The van der Waals surface area contributed by atoms with Crippen LogP contribution < -0.4 is 5.43 Å². The number of carbonyl (C=O) groups excluding carboxylic acids is 1. The second-order valence-electron chi connectivity index (χ2n) is 4.29. The van der Waals surface area contributed by atoms with Gasteiger partial charge in [0.15, 0.2) is 0 Å². The number of nitrogens with zero attached hydrogens (tertiary/aromatic N) is 3. The molecule has 0 unspecified atom stereocenters. The van der Waals surface area contributed by atoms with Gasteiger partial charge in [-0.1, -0.05) is 0 Å². The molecule has 6 heteroatoms. The van der Waals surface area contributed by atoms with Gasteiger partial charge in [-0.3, -0.25) is 9.48 Å². The van der Waals surface area contributed by atoms with E-state index >= 15 is 0 Å². The summed E-state index contributed by atoms with van der Waals surface area (Å²) < 4.78 is 6.81. The zero-order valence-corrected chi connectivity index (χ0v) is 11.2. The van der Waals surface area contributed by atoms with Crippen LogP contribution in [0.25, 0.3) is 0 Å². The van der Waals surface area contributed by atoms with Gasteiger partial charge in [-0.15, -0.1) is 0 Å². The van der Waals surface area contributed by atoms with E-state index < -0.39 is 0 Å². The summed E-state index contributed by atoms with van der Waals surface area (Å²) in [5.74, 6) is 0.406. The molecule has 0 spiro atoms. The van der Waals surface area contributed by atoms with Crippen molar-refractivity contribution in [1.82, 2.24) is 15.2 Å². The van der Waals surface area contributed by atoms with Crippen molar-refractivity contribution < 1.29 is 9.21 Å². The SMILES string of the molecule is C/C(=N\NC(=O)Cn1nc(C)cc1C)c1ccco1. The third-order valence-electron chi connectivity index (χ3n) is 2.62. The molecular weight excluding hydrogens is 244 g/mol. The summed E-state index contributed by atoms with van der Waals surface area (Å²) in [6, 6.07) is 5.47. The van der Waals surface area contributed by atoms with Crippen molar-refractivity contribution in [2.24, 2.45) is 5.10 Å². The van der Waals surface area contributed by atoms with E-state index in [1.54, 1.807) is 30.0 Å². The molecule has 0 radical (unpaired) electrons. The molecule has 2 aromatic rings. The number of hydrogen-bond acceptors (Lipinski definition) is 4. The lowest BCUT2D eigenvalue weighted by Gasteiger charge is -2.03. The van der Waals surface area contributed by atoms with E-state index in [-0.39, 0.29) is 12.5 Å².